The van der Waals surface area contributed by atoms with Crippen molar-refractivity contribution in [2.24, 2.45) is 7.05 Å². The van der Waals surface area contributed by atoms with Gasteiger partial charge >= 0.3 is 5.97 Å². The van der Waals surface area contributed by atoms with Crippen molar-refractivity contribution in [3.63, 3.8) is 0 Å². The molecule has 0 fully saturated rings. The average Bonchev–Trinajstić information content (AvgIpc) is 3.34. The number of thioether (sulfide) groups is 1. The molecule has 8 nitrogen and oxygen atoms in total. The minimum Gasteiger partial charge on any atom is -0.465 e. The Morgan fingerprint density at radius 3 is 2.68 bits per heavy atom. The molecule has 0 saturated heterocycles. The standard InChI is InChI=1S/C21H17ClN4O4S/c1-26-19(17-10-13-9-14(22)5-8-16(13)30-17)24-25-21(26)31-11-18(27)23-15-6-3-12(4-7-15)20(28)29-2/h3-10H,11H2,1-2H3,(H,23,27). The molecule has 2 aromatic heterocycles. The third-order valence-electron chi connectivity index (χ3n) is 4.46. The summed E-state index contributed by atoms with van der Waals surface area (Å²) in [4.78, 5) is 23.8. The summed E-state index contributed by atoms with van der Waals surface area (Å²) in [6, 6.07) is 13.7. The molecule has 0 spiro atoms. The molecule has 2 heterocycles. The number of anilines is 1. The second kappa shape index (κ2) is 8.83. The Kier molecular flexibility index (Phi) is 5.97. The van der Waals surface area contributed by atoms with Crippen LogP contribution in [0.15, 0.2) is 58.1 Å². The van der Waals surface area contributed by atoms with Gasteiger partial charge in [-0.2, -0.15) is 0 Å². The second-order valence-corrected chi connectivity index (χ2v) is 7.94. The van der Waals surface area contributed by atoms with Crippen LogP contribution in [0.3, 0.4) is 0 Å². The summed E-state index contributed by atoms with van der Waals surface area (Å²) in [5.41, 5.74) is 1.70. The molecule has 10 heteroatoms. The number of nitrogens with zero attached hydrogens (tertiary/aromatic N) is 3. The van der Waals surface area contributed by atoms with Crippen LogP contribution in [0.5, 0.6) is 0 Å². The minimum absolute atomic E-state index is 0.139. The molecule has 0 radical (unpaired) electrons. The first-order valence-corrected chi connectivity index (χ1v) is 10.5. The molecule has 31 heavy (non-hydrogen) atoms. The first-order valence-electron chi connectivity index (χ1n) is 9.14. The maximum Gasteiger partial charge on any atom is 0.337 e. The predicted molar refractivity (Wildman–Crippen MR) is 118 cm³/mol. The summed E-state index contributed by atoms with van der Waals surface area (Å²) in [7, 11) is 3.12. The lowest BCUT2D eigenvalue weighted by Crippen LogP contribution is -2.14. The SMILES string of the molecule is COC(=O)c1ccc(NC(=O)CSc2nnc(-c3cc4cc(Cl)ccc4o3)n2C)cc1. The van der Waals surface area contributed by atoms with Crippen molar-refractivity contribution < 1.29 is 18.7 Å². The number of amides is 1. The van der Waals surface area contributed by atoms with Crippen LogP contribution in [0.4, 0.5) is 5.69 Å². The zero-order chi connectivity index (χ0) is 22.0. The second-order valence-electron chi connectivity index (χ2n) is 6.56. The third kappa shape index (κ3) is 4.57. The number of benzene rings is 2. The van der Waals surface area contributed by atoms with Gasteiger partial charge in [0.05, 0.1) is 18.4 Å². The van der Waals surface area contributed by atoms with Crippen LogP contribution >= 0.6 is 23.4 Å². The Hall–Kier alpha value is -3.30. The minimum atomic E-state index is -0.431. The maximum absolute atomic E-state index is 12.3. The summed E-state index contributed by atoms with van der Waals surface area (Å²) in [5.74, 6) is 0.612. The largest absolute Gasteiger partial charge is 0.465 e. The molecule has 0 aliphatic heterocycles. The summed E-state index contributed by atoms with van der Waals surface area (Å²) >= 11 is 7.28. The van der Waals surface area contributed by atoms with E-state index in [0.717, 1.165) is 5.39 Å². The van der Waals surface area contributed by atoms with E-state index in [-0.39, 0.29) is 11.7 Å². The van der Waals surface area contributed by atoms with E-state index < -0.39 is 5.97 Å². The Labute approximate surface area is 186 Å². The van der Waals surface area contributed by atoms with Crippen LogP contribution in [-0.2, 0) is 16.6 Å². The number of hydrogen-bond acceptors (Lipinski definition) is 7. The fourth-order valence-electron chi connectivity index (χ4n) is 2.91. The quantitative estimate of drug-likeness (QED) is 0.339. The average molecular weight is 457 g/mol. The van der Waals surface area contributed by atoms with E-state index in [2.05, 4.69) is 20.3 Å². The number of methoxy groups -OCH3 is 1. The van der Waals surface area contributed by atoms with Gasteiger partial charge in [-0.1, -0.05) is 23.4 Å². The lowest BCUT2D eigenvalue weighted by molar-refractivity contribution is -0.113. The van der Waals surface area contributed by atoms with Gasteiger partial charge in [0.1, 0.15) is 5.58 Å². The molecule has 4 rings (SSSR count). The number of halogens is 1. The van der Waals surface area contributed by atoms with E-state index in [9.17, 15) is 9.59 Å². The van der Waals surface area contributed by atoms with Gasteiger partial charge in [0.15, 0.2) is 16.7 Å². The van der Waals surface area contributed by atoms with Crippen LogP contribution < -0.4 is 5.32 Å². The summed E-state index contributed by atoms with van der Waals surface area (Å²) in [6.45, 7) is 0. The lowest BCUT2D eigenvalue weighted by atomic mass is 10.2. The number of nitrogens with one attached hydrogen (secondary N) is 1. The van der Waals surface area contributed by atoms with Gasteiger partial charge in [-0.25, -0.2) is 4.79 Å². The van der Waals surface area contributed by atoms with Crippen molar-refractivity contribution in [3.05, 3.63) is 59.1 Å². The Balaban J connectivity index is 1.40. The van der Waals surface area contributed by atoms with Crippen molar-refractivity contribution in [3.8, 4) is 11.6 Å². The zero-order valence-corrected chi connectivity index (χ0v) is 18.2. The number of ether oxygens (including phenoxy) is 1. The molecule has 1 N–H and O–H groups in total. The molecule has 0 aliphatic carbocycles. The van der Waals surface area contributed by atoms with Gasteiger partial charge in [0.25, 0.3) is 0 Å². The highest BCUT2D eigenvalue weighted by atomic mass is 35.5. The fourth-order valence-corrected chi connectivity index (χ4v) is 3.81. The van der Waals surface area contributed by atoms with Gasteiger partial charge in [-0.3, -0.25) is 4.79 Å². The number of fused-ring (bicyclic) bond motifs is 1. The number of carbonyl (C=O) groups is 2. The van der Waals surface area contributed by atoms with Gasteiger partial charge in [0.2, 0.25) is 5.91 Å². The predicted octanol–water partition coefficient (Wildman–Crippen LogP) is 4.40. The van der Waals surface area contributed by atoms with Crippen LogP contribution in [-0.4, -0.2) is 39.5 Å². The van der Waals surface area contributed by atoms with Crippen molar-refractivity contribution in [1.82, 2.24) is 14.8 Å². The van der Waals surface area contributed by atoms with E-state index in [4.69, 9.17) is 16.0 Å². The van der Waals surface area contributed by atoms with Crippen molar-refractivity contribution in [2.45, 2.75) is 5.16 Å². The monoisotopic (exact) mass is 456 g/mol. The Morgan fingerprint density at radius 1 is 1.16 bits per heavy atom. The number of furan rings is 1. The van der Waals surface area contributed by atoms with E-state index in [0.29, 0.717) is 38.6 Å². The lowest BCUT2D eigenvalue weighted by Gasteiger charge is -2.06. The molecule has 0 bridgehead atoms. The molecule has 0 unspecified atom stereocenters. The van der Waals surface area contributed by atoms with Crippen molar-refractivity contribution in [2.75, 3.05) is 18.2 Å². The number of aromatic nitrogens is 3. The topological polar surface area (TPSA) is 99.2 Å². The fraction of sp³-hybridized carbons (Fsp3) is 0.143. The first kappa shape index (κ1) is 21.0. The number of rotatable bonds is 6. The highest BCUT2D eigenvalue weighted by molar-refractivity contribution is 7.99. The Morgan fingerprint density at radius 2 is 1.94 bits per heavy atom. The molecule has 158 valence electrons. The van der Waals surface area contributed by atoms with Crippen LogP contribution in [0.2, 0.25) is 5.02 Å². The number of hydrogen-bond donors (Lipinski definition) is 1. The molecule has 4 aromatic rings. The molecular formula is C21H17ClN4O4S. The van der Waals surface area contributed by atoms with Gasteiger partial charge in [0, 0.05) is 23.1 Å². The molecule has 0 saturated carbocycles. The highest BCUT2D eigenvalue weighted by Gasteiger charge is 2.17. The zero-order valence-electron chi connectivity index (χ0n) is 16.6. The molecular weight excluding hydrogens is 440 g/mol. The van der Waals surface area contributed by atoms with Crippen LogP contribution in [0, 0.1) is 0 Å². The van der Waals surface area contributed by atoms with E-state index >= 15 is 0 Å². The van der Waals surface area contributed by atoms with E-state index in [1.165, 1.54) is 18.9 Å². The highest BCUT2D eigenvalue weighted by Crippen LogP contribution is 2.30. The van der Waals surface area contributed by atoms with Gasteiger partial charge in [-0.15, -0.1) is 10.2 Å². The van der Waals surface area contributed by atoms with Crippen LogP contribution in [0.1, 0.15) is 10.4 Å². The van der Waals surface area contributed by atoms with Gasteiger partial charge < -0.3 is 19.0 Å². The number of carbonyl (C=O) groups excluding carboxylic acids is 2. The van der Waals surface area contributed by atoms with Crippen LogP contribution in [0.25, 0.3) is 22.6 Å². The third-order valence-corrected chi connectivity index (χ3v) is 5.71. The number of esters is 1. The molecule has 0 aliphatic rings. The van der Waals surface area contributed by atoms with Crippen molar-refractivity contribution >= 4 is 51.9 Å². The summed E-state index contributed by atoms with van der Waals surface area (Å²) < 4.78 is 12.3. The van der Waals surface area contributed by atoms with E-state index in [1.54, 1.807) is 48.0 Å². The smallest absolute Gasteiger partial charge is 0.337 e. The summed E-state index contributed by atoms with van der Waals surface area (Å²) in [5, 5.41) is 13.2. The molecule has 0 atom stereocenters. The molecule has 1 amide bonds. The Bertz CT molecular complexity index is 1270. The first-order chi connectivity index (χ1) is 14.9. The maximum atomic E-state index is 12.3. The van der Waals surface area contributed by atoms with Crippen molar-refractivity contribution in [1.29, 1.82) is 0 Å². The normalized spacial score (nSPS) is 10.9. The van der Waals surface area contributed by atoms with E-state index in [1.807, 2.05) is 12.1 Å². The van der Waals surface area contributed by atoms with Gasteiger partial charge in [-0.05, 0) is 48.5 Å². The molecule has 2 aromatic carbocycles. The summed E-state index contributed by atoms with van der Waals surface area (Å²) in [6.07, 6.45) is 0.